The van der Waals surface area contributed by atoms with Crippen molar-refractivity contribution < 1.29 is 27.7 Å². The Hall–Kier alpha value is -4.45. The number of carbonyl (C=O) groups excluding carboxylic acids is 2. The van der Waals surface area contributed by atoms with Gasteiger partial charge in [0.25, 0.3) is 15.7 Å². The summed E-state index contributed by atoms with van der Waals surface area (Å²) in [7, 11) is -3.00. The van der Waals surface area contributed by atoms with E-state index < -0.39 is 33.4 Å². The van der Waals surface area contributed by atoms with Crippen LogP contribution in [0.2, 0.25) is 0 Å². The second-order valence-electron chi connectivity index (χ2n) is 10.6. The second-order valence-corrected chi connectivity index (χ2v) is 12.4. The predicted molar refractivity (Wildman–Crippen MR) is 165 cm³/mol. The van der Waals surface area contributed by atoms with Crippen LogP contribution in [0.3, 0.4) is 0 Å². The highest BCUT2D eigenvalue weighted by Crippen LogP contribution is 2.29. The number of methoxy groups -OCH3 is 1. The van der Waals surface area contributed by atoms with E-state index in [1.807, 2.05) is 44.2 Å². The summed E-state index contributed by atoms with van der Waals surface area (Å²) >= 11 is 0. The highest BCUT2D eigenvalue weighted by Gasteiger charge is 2.33. The number of nitrogens with zero attached hydrogens (tertiary/aromatic N) is 3. The lowest BCUT2D eigenvalue weighted by atomic mass is 10.1. The van der Waals surface area contributed by atoms with Crippen molar-refractivity contribution in [1.82, 2.24) is 10.2 Å². The van der Waals surface area contributed by atoms with Gasteiger partial charge in [0.1, 0.15) is 18.3 Å². The van der Waals surface area contributed by atoms with Crippen molar-refractivity contribution in [3.05, 3.63) is 94.0 Å². The zero-order valence-corrected chi connectivity index (χ0v) is 25.8. The molecule has 0 aliphatic rings. The standard InChI is InChI=1S/C31H38N4O7S/c1-22(2)20-32-31(37)24(4)33(18-17-25-9-7-6-8-10-25)30(36)21-34(26-12-14-27(42-5)15-13-26)43(40,41)28-16-11-23(3)29(19-28)35(38)39/h6-16,19,22,24H,17-18,20-21H2,1-5H3,(H,32,37)/t24-/m0/s1. The predicted octanol–water partition coefficient (Wildman–Crippen LogP) is 4.34. The van der Waals surface area contributed by atoms with Gasteiger partial charge in [0.2, 0.25) is 11.8 Å². The number of ether oxygens (including phenoxy) is 1. The number of amides is 2. The van der Waals surface area contributed by atoms with Crippen molar-refractivity contribution in [2.75, 3.05) is 31.0 Å². The molecule has 0 unspecified atom stereocenters. The lowest BCUT2D eigenvalue weighted by Gasteiger charge is -2.32. The van der Waals surface area contributed by atoms with Gasteiger partial charge in [-0.1, -0.05) is 50.2 Å². The molecule has 0 bridgehead atoms. The highest BCUT2D eigenvalue weighted by molar-refractivity contribution is 7.92. The van der Waals surface area contributed by atoms with Crippen molar-refractivity contribution in [2.45, 2.75) is 45.1 Å². The number of nitro benzene ring substituents is 1. The third-order valence-electron chi connectivity index (χ3n) is 6.94. The van der Waals surface area contributed by atoms with Crippen molar-refractivity contribution >= 4 is 33.2 Å². The number of aryl methyl sites for hydroxylation is 1. The molecule has 0 fully saturated rings. The maximum atomic E-state index is 14.0. The van der Waals surface area contributed by atoms with Crippen LogP contribution in [0.1, 0.15) is 31.9 Å². The monoisotopic (exact) mass is 610 g/mol. The Bertz CT molecular complexity index is 1530. The fourth-order valence-corrected chi connectivity index (χ4v) is 5.81. The molecule has 0 radical (unpaired) electrons. The van der Waals surface area contributed by atoms with Gasteiger partial charge in [0.15, 0.2) is 0 Å². The van der Waals surface area contributed by atoms with Crippen molar-refractivity contribution in [1.29, 1.82) is 0 Å². The van der Waals surface area contributed by atoms with E-state index in [1.165, 1.54) is 43.2 Å². The van der Waals surface area contributed by atoms with Gasteiger partial charge in [-0.2, -0.15) is 0 Å². The van der Waals surface area contributed by atoms with E-state index >= 15 is 0 Å². The molecule has 1 atom stereocenters. The summed E-state index contributed by atoms with van der Waals surface area (Å²) < 4.78 is 34.1. The number of benzene rings is 3. The second kappa shape index (κ2) is 14.6. The Kier molecular flexibility index (Phi) is 11.2. The van der Waals surface area contributed by atoms with Gasteiger partial charge >= 0.3 is 0 Å². The van der Waals surface area contributed by atoms with Crippen LogP contribution in [0.15, 0.2) is 77.7 Å². The first-order chi connectivity index (χ1) is 20.3. The molecule has 0 saturated carbocycles. The fourth-order valence-electron chi connectivity index (χ4n) is 4.37. The minimum atomic E-state index is -4.47. The van der Waals surface area contributed by atoms with Gasteiger partial charge in [-0.05, 0) is 62.1 Å². The molecule has 0 aromatic heterocycles. The highest BCUT2D eigenvalue weighted by atomic mass is 32.2. The van der Waals surface area contributed by atoms with Crippen LogP contribution in [0.25, 0.3) is 0 Å². The molecule has 2 amide bonds. The summed E-state index contributed by atoms with van der Waals surface area (Å²) in [6.45, 7) is 6.96. The number of hydrogen-bond donors (Lipinski definition) is 1. The Morgan fingerprint density at radius 2 is 1.65 bits per heavy atom. The molecule has 1 N–H and O–H groups in total. The maximum Gasteiger partial charge on any atom is 0.273 e. The summed E-state index contributed by atoms with van der Waals surface area (Å²) in [6.07, 6.45) is 0.438. The lowest BCUT2D eigenvalue weighted by Crippen LogP contribution is -2.52. The van der Waals surface area contributed by atoms with Gasteiger partial charge < -0.3 is 15.0 Å². The van der Waals surface area contributed by atoms with Crippen LogP contribution in [0.4, 0.5) is 11.4 Å². The average molecular weight is 611 g/mol. The molecule has 0 saturated heterocycles. The molecule has 0 spiro atoms. The topological polar surface area (TPSA) is 139 Å². The molecule has 3 aromatic rings. The first-order valence-electron chi connectivity index (χ1n) is 13.9. The number of anilines is 1. The third kappa shape index (κ3) is 8.54. The van der Waals surface area contributed by atoms with E-state index in [4.69, 9.17) is 4.74 Å². The minimum absolute atomic E-state index is 0.150. The van der Waals surface area contributed by atoms with Crippen LogP contribution in [0.5, 0.6) is 5.75 Å². The number of carbonyl (C=O) groups is 2. The molecule has 230 valence electrons. The normalized spacial score (nSPS) is 12.0. The minimum Gasteiger partial charge on any atom is -0.497 e. The molecule has 3 aromatic carbocycles. The van der Waals surface area contributed by atoms with Crippen LogP contribution >= 0.6 is 0 Å². The maximum absolute atomic E-state index is 14.0. The van der Waals surface area contributed by atoms with Crippen molar-refractivity contribution in [3.8, 4) is 5.75 Å². The van der Waals surface area contributed by atoms with E-state index in [-0.39, 0.29) is 34.6 Å². The van der Waals surface area contributed by atoms with Crippen LogP contribution in [-0.2, 0) is 26.0 Å². The van der Waals surface area contributed by atoms with Gasteiger partial charge in [-0.25, -0.2) is 8.42 Å². The molecular formula is C31H38N4O7S. The van der Waals surface area contributed by atoms with E-state index in [9.17, 15) is 28.1 Å². The zero-order valence-electron chi connectivity index (χ0n) is 25.0. The molecule has 0 aliphatic heterocycles. The molecule has 11 nitrogen and oxygen atoms in total. The molecule has 3 rings (SSSR count). The number of sulfonamides is 1. The Labute approximate surface area is 252 Å². The van der Waals surface area contributed by atoms with Crippen molar-refractivity contribution in [2.24, 2.45) is 5.92 Å². The summed E-state index contributed by atoms with van der Waals surface area (Å²) in [5.74, 6) is -0.301. The lowest BCUT2D eigenvalue weighted by molar-refractivity contribution is -0.385. The fraction of sp³-hybridized carbons (Fsp3) is 0.355. The zero-order chi connectivity index (χ0) is 31.7. The molecule has 0 aliphatic carbocycles. The smallest absolute Gasteiger partial charge is 0.273 e. The Balaban J connectivity index is 2.03. The number of nitro groups is 1. The third-order valence-corrected chi connectivity index (χ3v) is 8.71. The number of hydrogen-bond acceptors (Lipinski definition) is 7. The van der Waals surface area contributed by atoms with Crippen molar-refractivity contribution in [3.63, 3.8) is 0 Å². The largest absolute Gasteiger partial charge is 0.497 e. The average Bonchev–Trinajstić information content (AvgIpc) is 2.99. The summed E-state index contributed by atoms with van der Waals surface area (Å²) in [5, 5.41) is 14.4. The van der Waals surface area contributed by atoms with E-state index in [0.29, 0.717) is 24.3 Å². The molecule has 12 heteroatoms. The molecule has 0 heterocycles. The molecule has 43 heavy (non-hydrogen) atoms. The number of rotatable bonds is 14. The van der Waals surface area contributed by atoms with Crippen LogP contribution in [-0.4, -0.2) is 62.8 Å². The number of nitrogens with one attached hydrogen (secondary N) is 1. The van der Waals surface area contributed by atoms with Gasteiger partial charge in [-0.3, -0.25) is 24.0 Å². The van der Waals surface area contributed by atoms with Crippen LogP contribution in [0, 0.1) is 23.0 Å². The van der Waals surface area contributed by atoms with Crippen LogP contribution < -0.4 is 14.4 Å². The van der Waals surface area contributed by atoms with E-state index in [1.54, 1.807) is 19.1 Å². The van der Waals surface area contributed by atoms with E-state index in [2.05, 4.69) is 5.32 Å². The van der Waals surface area contributed by atoms with Gasteiger partial charge in [0.05, 0.1) is 22.6 Å². The Morgan fingerprint density at radius 1 is 1.00 bits per heavy atom. The SMILES string of the molecule is COc1ccc(N(CC(=O)N(CCc2ccccc2)[C@@H](C)C(=O)NCC(C)C)S(=O)(=O)c2ccc(C)c([N+](=O)[O-])c2)cc1. The molecular weight excluding hydrogens is 572 g/mol. The Morgan fingerprint density at radius 3 is 2.23 bits per heavy atom. The summed E-state index contributed by atoms with van der Waals surface area (Å²) in [5.41, 5.74) is 1.03. The van der Waals surface area contributed by atoms with Gasteiger partial charge in [0, 0.05) is 24.7 Å². The summed E-state index contributed by atoms with van der Waals surface area (Å²) in [6, 6.07) is 18.2. The first kappa shape index (κ1) is 33.1. The summed E-state index contributed by atoms with van der Waals surface area (Å²) in [4.78, 5) is 39.0. The quantitative estimate of drug-likeness (QED) is 0.212. The van der Waals surface area contributed by atoms with Gasteiger partial charge in [-0.15, -0.1) is 0 Å². The first-order valence-corrected chi connectivity index (χ1v) is 15.3. The van der Waals surface area contributed by atoms with E-state index in [0.717, 1.165) is 15.9 Å².